The number of halogens is 1. The van der Waals surface area contributed by atoms with Crippen LogP contribution in [0.1, 0.15) is 6.92 Å². The quantitative estimate of drug-likeness (QED) is 0.721. The highest BCUT2D eigenvalue weighted by atomic mass is 35.5. The molecule has 3 amide bonds. The first-order valence-electron chi connectivity index (χ1n) is 5.35. The van der Waals surface area contributed by atoms with Gasteiger partial charge in [0.25, 0.3) is 0 Å². The molecular weight excluding hydrogens is 290 g/mol. The Hall–Kier alpha value is -1.60. The number of nitrogen functional groups attached to an aromatic ring is 1. The second-order valence-electron chi connectivity index (χ2n) is 3.67. The molecule has 0 fully saturated rings. The van der Waals surface area contributed by atoms with Crippen LogP contribution in [0.2, 0.25) is 5.02 Å². The summed E-state index contributed by atoms with van der Waals surface area (Å²) in [6, 6.07) is 4.03. The van der Waals surface area contributed by atoms with Crippen LogP contribution in [0.5, 0.6) is 0 Å². The second kappa shape index (κ2) is 6.53. The van der Waals surface area contributed by atoms with Crippen molar-refractivity contribution in [2.24, 2.45) is 0 Å². The van der Waals surface area contributed by atoms with Crippen molar-refractivity contribution in [3.05, 3.63) is 23.2 Å². The summed E-state index contributed by atoms with van der Waals surface area (Å²) in [4.78, 5) is 22.9. The zero-order valence-corrected chi connectivity index (χ0v) is 12.0. The van der Waals surface area contributed by atoms with Crippen LogP contribution < -0.4 is 16.4 Å². The Bertz CT molecular complexity index is 516. The van der Waals surface area contributed by atoms with Gasteiger partial charge in [0.2, 0.25) is 5.91 Å². The Morgan fingerprint density at radius 1 is 1.42 bits per heavy atom. The number of carbonyl (C=O) groups excluding carboxylic acids is 2. The van der Waals surface area contributed by atoms with E-state index in [4.69, 9.17) is 17.3 Å². The molecule has 19 heavy (non-hydrogen) atoms. The number of imide groups is 1. The highest BCUT2D eigenvalue weighted by Gasteiger charge is 2.25. The van der Waals surface area contributed by atoms with Gasteiger partial charge in [-0.15, -0.1) is 0 Å². The standard InChI is InChI=1S/C11H14ClN3O3S/c1-6(10(16)15-11(17)14-2)19(18)9-7(12)4-3-5-8(9)13/h3-6H,13H2,1-2H3,(H2,14,15,16,17). The summed E-state index contributed by atoms with van der Waals surface area (Å²) < 4.78 is 12.3. The molecule has 0 saturated heterocycles. The highest BCUT2D eigenvalue weighted by molar-refractivity contribution is 7.86. The van der Waals surface area contributed by atoms with E-state index in [0.29, 0.717) is 0 Å². The third kappa shape index (κ3) is 3.68. The monoisotopic (exact) mass is 303 g/mol. The van der Waals surface area contributed by atoms with Gasteiger partial charge in [0.1, 0.15) is 5.25 Å². The molecule has 0 bridgehead atoms. The van der Waals surface area contributed by atoms with Gasteiger partial charge in [-0.1, -0.05) is 17.7 Å². The van der Waals surface area contributed by atoms with Gasteiger partial charge in [0.05, 0.1) is 20.7 Å². The molecule has 0 radical (unpaired) electrons. The minimum Gasteiger partial charge on any atom is -0.398 e. The molecule has 0 spiro atoms. The molecule has 8 heteroatoms. The lowest BCUT2D eigenvalue weighted by atomic mass is 10.3. The fraction of sp³-hybridized carbons (Fsp3) is 0.273. The summed E-state index contributed by atoms with van der Waals surface area (Å²) in [5.41, 5.74) is 5.94. The molecule has 0 heterocycles. The van der Waals surface area contributed by atoms with Crippen molar-refractivity contribution in [1.82, 2.24) is 10.6 Å². The molecule has 104 valence electrons. The van der Waals surface area contributed by atoms with E-state index in [2.05, 4.69) is 10.6 Å². The van der Waals surface area contributed by atoms with Gasteiger partial charge >= 0.3 is 6.03 Å². The summed E-state index contributed by atoms with van der Waals surface area (Å²) in [6.45, 7) is 1.43. The fourth-order valence-corrected chi connectivity index (χ4v) is 2.87. The van der Waals surface area contributed by atoms with Crippen LogP contribution in [0.15, 0.2) is 23.1 Å². The second-order valence-corrected chi connectivity index (χ2v) is 5.78. The van der Waals surface area contributed by atoms with E-state index in [9.17, 15) is 13.8 Å². The number of nitrogens with two attached hydrogens (primary N) is 1. The Morgan fingerprint density at radius 3 is 2.58 bits per heavy atom. The maximum absolute atomic E-state index is 12.3. The summed E-state index contributed by atoms with van der Waals surface area (Å²) in [5.74, 6) is -0.669. The number of rotatable bonds is 3. The molecule has 0 aliphatic heterocycles. The topological polar surface area (TPSA) is 101 Å². The molecule has 0 aliphatic rings. The van der Waals surface area contributed by atoms with E-state index in [1.807, 2.05) is 0 Å². The molecule has 1 aromatic rings. The van der Waals surface area contributed by atoms with Gasteiger partial charge in [0, 0.05) is 12.7 Å². The third-order valence-corrected chi connectivity index (χ3v) is 4.49. The summed E-state index contributed by atoms with van der Waals surface area (Å²) >= 11 is 5.92. The number of amides is 3. The van der Waals surface area contributed by atoms with Crippen molar-refractivity contribution in [3.8, 4) is 0 Å². The molecular formula is C11H14ClN3O3S. The summed E-state index contributed by atoms with van der Waals surface area (Å²) in [7, 11) is -0.377. The van der Waals surface area contributed by atoms with E-state index < -0.39 is 28.0 Å². The zero-order chi connectivity index (χ0) is 14.6. The number of nitrogens with one attached hydrogen (secondary N) is 2. The number of hydrogen-bond donors (Lipinski definition) is 3. The van der Waals surface area contributed by atoms with Crippen molar-refractivity contribution in [1.29, 1.82) is 0 Å². The first-order chi connectivity index (χ1) is 8.88. The van der Waals surface area contributed by atoms with Gasteiger partial charge in [-0.2, -0.15) is 0 Å². The van der Waals surface area contributed by atoms with Crippen molar-refractivity contribution < 1.29 is 13.8 Å². The van der Waals surface area contributed by atoms with Gasteiger partial charge in [-0.3, -0.25) is 14.3 Å². The lowest BCUT2D eigenvalue weighted by Crippen LogP contribution is -2.43. The van der Waals surface area contributed by atoms with Crippen LogP contribution in [-0.4, -0.2) is 28.4 Å². The Labute approximate surface area is 118 Å². The van der Waals surface area contributed by atoms with Crippen molar-refractivity contribution in [2.45, 2.75) is 17.1 Å². The van der Waals surface area contributed by atoms with Crippen molar-refractivity contribution in [3.63, 3.8) is 0 Å². The van der Waals surface area contributed by atoms with Crippen molar-refractivity contribution in [2.75, 3.05) is 12.8 Å². The molecule has 0 aromatic heterocycles. The van der Waals surface area contributed by atoms with Gasteiger partial charge in [-0.25, -0.2) is 4.79 Å². The molecule has 2 atom stereocenters. The molecule has 0 saturated carbocycles. The molecule has 6 nitrogen and oxygen atoms in total. The summed E-state index contributed by atoms with van der Waals surface area (Å²) in [5, 5.41) is 3.55. The molecule has 4 N–H and O–H groups in total. The van der Waals surface area contributed by atoms with Crippen LogP contribution >= 0.6 is 11.6 Å². The minimum absolute atomic E-state index is 0.198. The van der Waals surface area contributed by atoms with E-state index in [1.165, 1.54) is 20.0 Å². The molecule has 1 rings (SSSR count). The van der Waals surface area contributed by atoms with Gasteiger partial charge < -0.3 is 11.1 Å². The first-order valence-corrected chi connectivity index (χ1v) is 6.94. The SMILES string of the molecule is CNC(=O)NC(=O)C(C)S(=O)c1c(N)cccc1Cl. The van der Waals surface area contributed by atoms with Crippen LogP contribution in [0.4, 0.5) is 10.5 Å². The van der Waals surface area contributed by atoms with Crippen LogP contribution in [-0.2, 0) is 15.6 Å². The van der Waals surface area contributed by atoms with Crippen LogP contribution in [0.3, 0.4) is 0 Å². The van der Waals surface area contributed by atoms with Crippen LogP contribution in [0, 0.1) is 0 Å². The predicted molar refractivity (Wildman–Crippen MR) is 74.3 cm³/mol. The smallest absolute Gasteiger partial charge is 0.321 e. The number of anilines is 1. The highest BCUT2D eigenvalue weighted by Crippen LogP contribution is 2.27. The average Bonchev–Trinajstić information content (AvgIpc) is 2.37. The maximum atomic E-state index is 12.3. The van der Waals surface area contributed by atoms with Crippen molar-refractivity contribution >= 4 is 40.0 Å². The average molecular weight is 304 g/mol. The lowest BCUT2D eigenvalue weighted by molar-refractivity contribution is -0.119. The van der Waals surface area contributed by atoms with E-state index in [0.717, 1.165) is 0 Å². The first kappa shape index (κ1) is 15.5. The van der Waals surface area contributed by atoms with E-state index in [1.54, 1.807) is 12.1 Å². The Morgan fingerprint density at radius 2 is 2.05 bits per heavy atom. The number of urea groups is 1. The number of carbonyl (C=O) groups is 2. The summed E-state index contributed by atoms with van der Waals surface area (Å²) in [6.07, 6.45) is 0. The minimum atomic E-state index is -1.75. The van der Waals surface area contributed by atoms with Crippen LogP contribution in [0.25, 0.3) is 0 Å². The van der Waals surface area contributed by atoms with Gasteiger partial charge in [-0.05, 0) is 19.1 Å². The Kier molecular flexibility index (Phi) is 5.31. The molecule has 0 aliphatic carbocycles. The normalized spacial score (nSPS) is 13.4. The van der Waals surface area contributed by atoms with E-state index >= 15 is 0 Å². The zero-order valence-electron chi connectivity index (χ0n) is 10.4. The predicted octanol–water partition coefficient (Wildman–Crippen LogP) is 0.874. The van der Waals surface area contributed by atoms with E-state index in [-0.39, 0.29) is 15.6 Å². The lowest BCUT2D eigenvalue weighted by Gasteiger charge is -2.13. The van der Waals surface area contributed by atoms with Gasteiger partial charge in [0.15, 0.2) is 0 Å². The fourth-order valence-electron chi connectivity index (χ4n) is 1.29. The number of benzene rings is 1. The number of hydrogen-bond acceptors (Lipinski definition) is 4. The Balaban J connectivity index is 2.94. The maximum Gasteiger partial charge on any atom is 0.321 e. The third-order valence-electron chi connectivity index (χ3n) is 2.35. The largest absolute Gasteiger partial charge is 0.398 e. The molecule has 1 aromatic carbocycles. The molecule has 2 unspecified atom stereocenters.